The molecule has 0 saturated carbocycles. The third kappa shape index (κ3) is 3.20. The summed E-state index contributed by atoms with van der Waals surface area (Å²) in [5.74, 6) is 0.0968. The maximum atomic E-state index is 11.7. The van der Waals surface area contributed by atoms with E-state index in [4.69, 9.17) is 0 Å². The molecule has 0 radical (unpaired) electrons. The highest BCUT2D eigenvalue weighted by molar-refractivity contribution is 5.69. The predicted molar refractivity (Wildman–Crippen MR) is 107 cm³/mol. The Hall–Kier alpha value is -2.34. The van der Waals surface area contributed by atoms with Crippen molar-refractivity contribution < 1.29 is 15.0 Å². The summed E-state index contributed by atoms with van der Waals surface area (Å²) >= 11 is 0. The molecule has 150 valence electrons. The Morgan fingerprint density at radius 1 is 1.32 bits per heavy atom. The lowest BCUT2D eigenvalue weighted by Gasteiger charge is -2.45. The largest absolute Gasteiger partial charge is 0.465 e. The van der Waals surface area contributed by atoms with Crippen molar-refractivity contribution >= 4 is 6.09 Å². The standard InChI is InChI=1S/C22H29N3O3/c1-22(2,3)20-10-14(8-9-24(20)21(27)28)19(26)11-17-15-6-4-5-7-16(15)18-12-23-13-25(17)18/h4-7,12-14,17,19-20,26H,8-11H2,1-3H3,(H,27,28)/t14?,17-,19-,20?/m1/s1. The molecule has 28 heavy (non-hydrogen) atoms. The summed E-state index contributed by atoms with van der Waals surface area (Å²) in [5, 5.41) is 20.7. The van der Waals surface area contributed by atoms with Crippen molar-refractivity contribution in [1.29, 1.82) is 0 Å². The number of likely N-dealkylation sites (tertiary alicyclic amines) is 1. The predicted octanol–water partition coefficient (Wildman–Crippen LogP) is 4.01. The van der Waals surface area contributed by atoms with Gasteiger partial charge >= 0.3 is 6.09 Å². The van der Waals surface area contributed by atoms with Crippen LogP contribution in [0.2, 0.25) is 0 Å². The molecule has 1 saturated heterocycles. The summed E-state index contributed by atoms with van der Waals surface area (Å²) in [6.45, 7) is 6.71. The van der Waals surface area contributed by atoms with E-state index in [1.54, 1.807) is 4.90 Å². The number of imidazole rings is 1. The number of carboxylic acid groups (broad SMARTS) is 1. The third-order valence-corrected chi connectivity index (χ3v) is 6.49. The number of hydrogen-bond donors (Lipinski definition) is 2. The molecular formula is C22H29N3O3. The van der Waals surface area contributed by atoms with E-state index in [0.717, 1.165) is 5.69 Å². The van der Waals surface area contributed by atoms with Gasteiger partial charge in [0.05, 0.1) is 30.4 Å². The number of benzene rings is 1. The summed E-state index contributed by atoms with van der Waals surface area (Å²) in [6.07, 6.45) is 4.40. The van der Waals surface area contributed by atoms with Crippen LogP contribution in [0, 0.1) is 11.3 Å². The molecule has 2 aromatic rings. The van der Waals surface area contributed by atoms with Gasteiger partial charge in [-0.2, -0.15) is 0 Å². The fourth-order valence-electron chi connectivity index (χ4n) is 4.99. The summed E-state index contributed by atoms with van der Waals surface area (Å²) in [6, 6.07) is 8.30. The van der Waals surface area contributed by atoms with Crippen LogP contribution in [0.15, 0.2) is 36.8 Å². The number of nitrogens with zero attached hydrogens (tertiary/aromatic N) is 3. The molecular weight excluding hydrogens is 354 g/mol. The normalized spacial score (nSPS) is 25.3. The summed E-state index contributed by atoms with van der Waals surface area (Å²) in [7, 11) is 0. The number of aliphatic hydroxyl groups excluding tert-OH is 1. The minimum absolute atomic E-state index is 0.0780. The Balaban J connectivity index is 1.53. The minimum atomic E-state index is -0.861. The number of hydrogen-bond acceptors (Lipinski definition) is 3. The van der Waals surface area contributed by atoms with Gasteiger partial charge in [-0.1, -0.05) is 45.0 Å². The van der Waals surface area contributed by atoms with Gasteiger partial charge in [-0.25, -0.2) is 9.78 Å². The first-order valence-electron chi connectivity index (χ1n) is 10.1. The number of piperidine rings is 1. The van der Waals surface area contributed by atoms with E-state index in [0.29, 0.717) is 25.8 Å². The van der Waals surface area contributed by atoms with Crippen LogP contribution in [-0.2, 0) is 0 Å². The lowest BCUT2D eigenvalue weighted by molar-refractivity contribution is -0.00528. The van der Waals surface area contributed by atoms with Crippen LogP contribution in [-0.4, -0.2) is 49.4 Å². The number of aromatic nitrogens is 2. The Bertz CT molecular complexity index is 870. The van der Waals surface area contributed by atoms with E-state index < -0.39 is 12.2 Å². The molecule has 6 nitrogen and oxygen atoms in total. The summed E-state index contributed by atoms with van der Waals surface area (Å²) in [5.41, 5.74) is 3.36. The average Bonchev–Trinajstić information content (AvgIpc) is 3.23. The molecule has 1 amide bonds. The molecule has 2 N–H and O–H groups in total. The van der Waals surface area contributed by atoms with Gasteiger partial charge < -0.3 is 19.7 Å². The third-order valence-electron chi connectivity index (χ3n) is 6.49. The van der Waals surface area contributed by atoms with Gasteiger partial charge in [-0.05, 0) is 36.2 Å². The maximum absolute atomic E-state index is 11.7. The molecule has 0 bridgehead atoms. The molecule has 4 atom stereocenters. The van der Waals surface area contributed by atoms with Crippen molar-refractivity contribution in [2.75, 3.05) is 6.54 Å². The monoisotopic (exact) mass is 383 g/mol. The second kappa shape index (κ2) is 6.92. The van der Waals surface area contributed by atoms with Crippen LogP contribution in [0.4, 0.5) is 4.79 Å². The van der Waals surface area contributed by atoms with Crippen molar-refractivity contribution in [1.82, 2.24) is 14.5 Å². The van der Waals surface area contributed by atoms with Gasteiger partial charge in [0.15, 0.2) is 0 Å². The Kier molecular flexibility index (Phi) is 4.70. The van der Waals surface area contributed by atoms with Crippen LogP contribution in [0.3, 0.4) is 0 Å². The van der Waals surface area contributed by atoms with Crippen molar-refractivity contribution in [2.24, 2.45) is 11.3 Å². The fourth-order valence-corrected chi connectivity index (χ4v) is 4.99. The SMILES string of the molecule is CC(C)(C)C1CC([C@H](O)C[C@@H]2c3ccccc3-c3cncn32)CCN1C(=O)O. The topological polar surface area (TPSA) is 78.6 Å². The molecule has 4 rings (SSSR count). The molecule has 1 aromatic carbocycles. The molecule has 1 aromatic heterocycles. The van der Waals surface area contributed by atoms with Crippen molar-refractivity contribution in [3.05, 3.63) is 42.4 Å². The highest BCUT2D eigenvalue weighted by atomic mass is 16.4. The van der Waals surface area contributed by atoms with E-state index in [1.165, 1.54) is 11.1 Å². The van der Waals surface area contributed by atoms with Crippen molar-refractivity contribution in [2.45, 2.75) is 58.2 Å². The molecule has 3 heterocycles. The highest BCUT2D eigenvalue weighted by Crippen LogP contribution is 2.43. The number of rotatable bonds is 3. The zero-order valence-corrected chi connectivity index (χ0v) is 16.7. The number of fused-ring (bicyclic) bond motifs is 3. The van der Waals surface area contributed by atoms with E-state index in [1.807, 2.05) is 24.7 Å². The van der Waals surface area contributed by atoms with E-state index in [2.05, 4.69) is 42.5 Å². The quantitative estimate of drug-likeness (QED) is 0.839. The number of amides is 1. The Labute approximate surface area is 165 Å². The fraction of sp³-hybridized carbons (Fsp3) is 0.545. The van der Waals surface area contributed by atoms with Crippen molar-refractivity contribution in [3.63, 3.8) is 0 Å². The second-order valence-electron chi connectivity index (χ2n) is 9.23. The number of carbonyl (C=O) groups is 1. The number of aliphatic hydroxyl groups is 1. The first kappa shape index (κ1) is 19.0. The van der Waals surface area contributed by atoms with E-state index in [-0.39, 0.29) is 23.4 Å². The zero-order valence-electron chi connectivity index (χ0n) is 16.7. The van der Waals surface area contributed by atoms with Crippen LogP contribution in [0.25, 0.3) is 11.3 Å². The molecule has 0 spiro atoms. The molecule has 2 unspecified atom stereocenters. The Morgan fingerprint density at radius 3 is 2.79 bits per heavy atom. The van der Waals surface area contributed by atoms with Crippen LogP contribution >= 0.6 is 0 Å². The van der Waals surface area contributed by atoms with Gasteiger partial charge in [-0.15, -0.1) is 0 Å². The van der Waals surface area contributed by atoms with E-state index in [9.17, 15) is 15.0 Å². The second-order valence-corrected chi connectivity index (χ2v) is 9.23. The first-order chi connectivity index (χ1) is 13.3. The maximum Gasteiger partial charge on any atom is 0.407 e. The van der Waals surface area contributed by atoms with Gasteiger partial charge in [0.1, 0.15) is 0 Å². The Morgan fingerprint density at radius 2 is 2.07 bits per heavy atom. The minimum Gasteiger partial charge on any atom is -0.465 e. The van der Waals surface area contributed by atoms with Crippen LogP contribution in [0.1, 0.15) is 51.6 Å². The lowest BCUT2D eigenvalue weighted by Crippen LogP contribution is -2.53. The zero-order chi connectivity index (χ0) is 20.1. The van der Waals surface area contributed by atoms with Crippen molar-refractivity contribution in [3.8, 4) is 11.3 Å². The molecule has 6 heteroatoms. The molecule has 1 fully saturated rings. The highest BCUT2D eigenvalue weighted by Gasteiger charge is 2.41. The molecule has 0 aliphatic carbocycles. The van der Waals surface area contributed by atoms with Gasteiger partial charge in [0, 0.05) is 18.2 Å². The first-order valence-corrected chi connectivity index (χ1v) is 10.1. The summed E-state index contributed by atoms with van der Waals surface area (Å²) < 4.78 is 2.15. The lowest BCUT2D eigenvalue weighted by atomic mass is 9.74. The molecule has 2 aliphatic heterocycles. The average molecular weight is 383 g/mol. The van der Waals surface area contributed by atoms with Gasteiger partial charge in [0.2, 0.25) is 0 Å². The summed E-state index contributed by atoms with van der Waals surface area (Å²) in [4.78, 5) is 17.5. The smallest absolute Gasteiger partial charge is 0.407 e. The van der Waals surface area contributed by atoms with E-state index >= 15 is 0 Å². The van der Waals surface area contributed by atoms with Crippen LogP contribution < -0.4 is 0 Å². The van der Waals surface area contributed by atoms with Crippen LogP contribution in [0.5, 0.6) is 0 Å². The van der Waals surface area contributed by atoms with Gasteiger partial charge in [-0.3, -0.25) is 0 Å². The molecule has 2 aliphatic rings. The van der Waals surface area contributed by atoms with Gasteiger partial charge in [0.25, 0.3) is 0 Å².